The molecule has 1 atom stereocenters. The van der Waals surface area contributed by atoms with Crippen LogP contribution in [-0.2, 0) is 16.0 Å². The number of benzene rings is 3. The van der Waals surface area contributed by atoms with Crippen molar-refractivity contribution < 1.29 is 14.3 Å². The Bertz CT molecular complexity index is 1260. The van der Waals surface area contributed by atoms with Crippen LogP contribution in [0, 0.1) is 0 Å². The standard InChI is InChI=1S/C26H24BrClN4O3/c1-35-13-12-29-26(34)30-19-9-6-16(7-10-19)24-20-15-18(28)8-11-22(20)32-25(33)23(31-24)14-17-4-2-3-5-21(17)27/h2-11,15,23H,12-14H2,1H3,(H,32,33)(H2,29,30,34). The summed E-state index contributed by atoms with van der Waals surface area (Å²) in [7, 11) is 1.58. The third kappa shape index (κ3) is 6.28. The van der Waals surface area contributed by atoms with Crippen molar-refractivity contribution in [3.05, 3.63) is 92.9 Å². The molecule has 180 valence electrons. The molecule has 1 aliphatic rings. The van der Waals surface area contributed by atoms with Gasteiger partial charge in [-0.2, -0.15) is 0 Å². The largest absolute Gasteiger partial charge is 0.383 e. The lowest BCUT2D eigenvalue weighted by Crippen LogP contribution is -2.31. The van der Waals surface area contributed by atoms with Gasteiger partial charge in [0, 0.05) is 46.4 Å². The van der Waals surface area contributed by atoms with Crippen molar-refractivity contribution in [2.75, 3.05) is 30.9 Å². The lowest BCUT2D eigenvalue weighted by atomic mass is 10.00. The molecule has 35 heavy (non-hydrogen) atoms. The van der Waals surface area contributed by atoms with Crippen LogP contribution in [0.1, 0.15) is 16.7 Å². The maximum absolute atomic E-state index is 13.1. The van der Waals surface area contributed by atoms with Crippen molar-refractivity contribution in [1.82, 2.24) is 5.32 Å². The van der Waals surface area contributed by atoms with E-state index in [2.05, 4.69) is 31.9 Å². The highest BCUT2D eigenvalue weighted by molar-refractivity contribution is 9.10. The summed E-state index contributed by atoms with van der Waals surface area (Å²) in [6.07, 6.45) is 0.430. The van der Waals surface area contributed by atoms with Crippen molar-refractivity contribution in [3.8, 4) is 0 Å². The molecule has 1 unspecified atom stereocenters. The maximum Gasteiger partial charge on any atom is 0.319 e. The van der Waals surface area contributed by atoms with Gasteiger partial charge in [-0.1, -0.05) is 57.9 Å². The Kier molecular flexibility index (Phi) is 8.17. The van der Waals surface area contributed by atoms with Gasteiger partial charge in [0.2, 0.25) is 5.91 Å². The maximum atomic E-state index is 13.1. The SMILES string of the molecule is COCCNC(=O)Nc1ccc(C2=NC(Cc3ccccc3Br)C(=O)Nc3ccc(Cl)cc32)cc1. The number of benzodiazepines with no additional fused rings is 1. The van der Waals surface area contributed by atoms with Gasteiger partial charge in [0.25, 0.3) is 0 Å². The van der Waals surface area contributed by atoms with E-state index >= 15 is 0 Å². The van der Waals surface area contributed by atoms with Gasteiger partial charge < -0.3 is 20.7 Å². The number of halogens is 2. The minimum atomic E-state index is -0.640. The zero-order valence-electron chi connectivity index (χ0n) is 19.0. The molecule has 0 saturated carbocycles. The average molecular weight is 556 g/mol. The van der Waals surface area contributed by atoms with Crippen LogP contribution in [0.3, 0.4) is 0 Å². The van der Waals surface area contributed by atoms with E-state index in [4.69, 9.17) is 21.3 Å². The molecule has 9 heteroatoms. The summed E-state index contributed by atoms with van der Waals surface area (Å²) in [5.41, 5.74) is 4.44. The number of fused-ring (bicyclic) bond motifs is 1. The third-order valence-electron chi connectivity index (χ3n) is 5.46. The van der Waals surface area contributed by atoms with E-state index < -0.39 is 6.04 Å². The van der Waals surface area contributed by atoms with E-state index in [1.54, 1.807) is 37.4 Å². The normalized spacial score (nSPS) is 14.9. The van der Waals surface area contributed by atoms with Crippen LogP contribution in [0.25, 0.3) is 0 Å². The number of amides is 3. The monoisotopic (exact) mass is 554 g/mol. The van der Waals surface area contributed by atoms with E-state index in [-0.39, 0.29) is 11.9 Å². The summed E-state index contributed by atoms with van der Waals surface area (Å²) >= 11 is 9.87. The molecule has 1 heterocycles. The van der Waals surface area contributed by atoms with E-state index in [9.17, 15) is 9.59 Å². The predicted octanol–water partition coefficient (Wildman–Crippen LogP) is 5.27. The van der Waals surface area contributed by atoms with Crippen molar-refractivity contribution in [1.29, 1.82) is 0 Å². The van der Waals surface area contributed by atoms with Crippen LogP contribution >= 0.6 is 27.5 Å². The van der Waals surface area contributed by atoms with Crippen LogP contribution in [0.5, 0.6) is 0 Å². The predicted molar refractivity (Wildman–Crippen MR) is 143 cm³/mol. The first kappa shape index (κ1) is 24.9. The summed E-state index contributed by atoms with van der Waals surface area (Å²) in [5.74, 6) is -0.189. The van der Waals surface area contributed by atoms with E-state index in [1.165, 1.54) is 0 Å². The number of carbonyl (C=O) groups is 2. The third-order valence-corrected chi connectivity index (χ3v) is 6.47. The van der Waals surface area contributed by atoms with Crippen molar-refractivity contribution >= 4 is 56.6 Å². The smallest absolute Gasteiger partial charge is 0.319 e. The number of carbonyl (C=O) groups excluding carboxylic acids is 2. The molecular formula is C26H24BrClN4O3. The second kappa shape index (κ2) is 11.5. The number of nitrogens with zero attached hydrogens (tertiary/aromatic N) is 1. The molecule has 0 fully saturated rings. The highest BCUT2D eigenvalue weighted by Gasteiger charge is 2.27. The van der Waals surface area contributed by atoms with Gasteiger partial charge in [-0.3, -0.25) is 9.79 Å². The topological polar surface area (TPSA) is 91.8 Å². The summed E-state index contributed by atoms with van der Waals surface area (Å²) in [6, 6.07) is 19.5. The van der Waals surface area contributed by atoms with Crippen LogP contribution in [0.15, 0.2) is 76.2 Å². The fraction of sp³-hybridized carbons (Fsp3) is 0.192. The van der Waals surface area contributed by atoms with E-state index in [0.717, 1.165) is 21.2 Å². The van der Waals surface area contributed by atoms with Crippen molar-refractivity contribution in [2.45, 2.75) is 12.5 Å². The molecule has 3 aromatic carbocycles. The Morgan fingerprint density at radius 3 is 2.66 bits per heavy atom. The lowest BCUT2D eigenvalue weighted by Gasteiger charge is -2.13. The van der Waals surface area contributed by atoms with Crippen LogP contribution < -0.4 is 16.0 Å². The fourth-order valence-electron chi connectivity index (χ4n) is 3.72. The van der Waals surface area contributed by atoms with Gasteiger partial charge in [0.15, 0.2) is 0 Å². The number of hydrogen-bond acceptors (Lipinski definition) is 4. The molecule has 4 rings (SSSR count). The van der Waals surface area contributed by atoms with Crippen LogP contribution in [-0.4, -0.2) is 44.0 Å². The van der Waals surface area contributed by atoms with Crippen LogP contribution in [0.2, 0.25) is 5.02 Å². The summed E-state index contributed by atoms with van der Waals surface area (Å²) in [6.45, 7) is 0.844. The molecular weight excluding hydrogens is 532 g/mol. The zero-order valence-corrected chi connectivity index (χ0v) is 21.3. The number of nitrogens with one attached hydrogen (secondary N) is 3. The molecule has 3 amide bonds. The summed E-state index contributed by atoms with van der Waals surface area (Å²) < 4.78 is 5.86. The molecule has 1 aliphatic heterocycles. The van der Waals surface area contributed by atoms with Crippen molar-refractivity contribution in [3.63, 3.8) is 0 Å². The number of anilines is 2. The minimum absolute atomic E-state index is 0.189. The molecule has 7 nitrogen and oxygen atoms in total. The Morgan fingerprint density at radius 1 is 1.14 bits per heavy atom. The Balaban J connectivity index is 1.65. The fourth-order valence-corrected chi connectivity index (χ4v) is 4.33. The lowest BCUT2D eigenvalue weighted by molar-refractivity contribution is -0.117. The Morgan fingerprint density at radius 2 is 1.91 bits per heavy atom. The number of ether oxygens (including phenoxy) is 1. The highest BCUT2D eigenvalue weighted by atomic mass is 79.9. The molecule has 0 aromatic heterocycles. The molecule has 0 bridgehead atoms. The number of methoxy groups -OCH3 is 1. The first-order valence-electron chi connectivity index (χ1n) is 11.0. The highest BCUT2D eigenvalue weighted by Crippen LogP contribution is 2.29. The molecule has 3 aromatic rings. The number of hydrogen-bond donors (Lipinski definition) is 3. The van der Waals surface area contributed by atoms with Gasteiger partial charge in [-0.05, 0) is 42.0 Å². The minimum Gasteiger partial charge on any atom is -0.383 e. The van der Waals surface area contributed by atoms with Crippen molar-refractivity contribution in [2.24, 2.45) is 4.99 Å². The van der Waals surface area contributed by atoms with E-state index in [1.807, 2.05) is 36.4 Å². The summed E-state index contributed by atoms with van der Waals surface area (Å²) in [4.78, 5) is 30.0. The van der Waals surface area contributed by atoms with Gasteiger partial charge in [-0.15, -0.1) is 0 Å². The Hall–Kier alpha value is -3.20. The molecule has 0 saturated heterocycles. The first-order valence-corrected chi connectivity index (χ1v) is 12.2. The molecule has 3 N–H and O–H groups in total. The van der Waals surface area contributed by atoms with Gasteiger partial charge in [-0.25, -0.2) is 4.79 Å². The van der Waals surface area contributed by atoms with Gasteiger partial charge in [0.05, 0.1) is 18.0 Å². The Labute approximate surface area is 217 Å². The van der Waals surface area contributed by atoms with E-state index in [0.29, 0.717) is 41.7 Å². The zero-order chi connectivity index (χ0) is 24.8. The van der Waals surface area contributed by atoms with Gasteiger partial charge >= 0.3 is 6.03 Å². The second-order valence-corrected chi connectivity index (χ2v) is 9.21. The summed E-state index contributed by atoms with van der Waals surface area (Å²) in [5, 5.41) is 9.04. The van der Waals surface area contributed by atoms with Crippen LogP contribution in [0.4, 0.5) is 16.2 Å². The molecule has 0 aliphatic carbocycles. The first-order chi connectivity index (χ1) is 16.9. The molecule has 0 spiro atoms. The van der Waals surface area contributed by atoms with Gasteiger partial charge in [0.1, 0.15) is 6.04 Å². The number of aliphatic imine (C=N–C) groups is 1. The molecule has 0 radical (unpaired) electrons. The number of rotatable bonds is 7. The number of urea groups is 1. The average Bonchev–Trinajstić information content (AvgIpc) is 2.97. The quantitative estimate of drug-likeness (QED) is 0.347. The second-order valence-electron chi connectivity index (χ2n) is 7.92.